The van der Waals surface area contributed by atoms with Gasteiger partial charge in [0, 0.05) is 20.4 Å². The number of carbonyl (C=O) groups is 1. The molecule has 0 aliphatic carbocycles. The predicted octanol–water partition coefficient (Wildman–Crippen LogP) is 6.43. The molecule has 0 saturated carbocycles. The molecule has 0 amide bonds. The Morgan fingerprint density at radius 3 is 2.69 bits per heavy atom. The van der Waals surface area contributed by atoms with Crippen molar-refractivity contribution in [3.63, 3.8) is 0 Å². The van der Waals surface area contributed by atoms with E-state index in [2.05, 4.69) is 46.7 Å². The number of halogens is 3. The van der Waals surface area contributed by atoms with E-state index < -0.39 is 5.97 Å². The van der Waals surface area contributed by atoms with Crippen LogP contribution in [0, 0.1) is 0 Å². The molecular formula is C27H18Br2ClN3O6. The molecule has 0 aliphatic rings. The highest BCUT2D eigenvalue weighted by Gasteiger charge is 2.19. The van der Waals surface area contributed by atoms with Crippen molar-refractivity contribution in [2.45, 2.75) is 0 Å². The average molecular weight is 676 g/mol. The summed E-state index contributed by atoms with van der Waals surface area (Å²) in [4.78, 5) is 29.8. The molecule has 0 spiro atoms. The summed E-state index contributed by atoms with van der Waals surface area (Å²) in [5.41, 5.74) is 1.25. The van der Waals surface area contributed by atoms with Gasteiger partial charge in [0.05, 0.1) is 35.8 Å². The second-order valence-corrected chi connectivity index (χ2v) is 10.1. The maximum Gasteiger partial charge on any atom is 0.343 e. The summed E-state index contributed by atoms with van der Waals surface area (Å²) in [6.45, 7) is -0.310. The molecule has 0 bridgehead atoms. The lowest BCUT2D eigenvalue weighted by molar-refractivity contribution is -0.142. The van der Waals surface area contributed by atoms with Crippen LogP contribution in [0.5, 0.6) is 11.5 Å². The lowest BCUT2D eigenvalue weighted by Gasteiger charge is -2.14. The van der Waals surface area contributed by atoms with E-state index in [0.29, 0.717) is 47.5 Å². The van der Waals surface area contributed by atoms with Gasteiger partial charge in [0.2, 0.25) is 5.82 Å². The molecule has 3 aromatic carbocycles. The molecule has 5 rings (SSSR count). The Kier molecular flexibility index (Phi) is 7.74. The van der Waals surface area contributed by atoms with Gasteiger partial charge in [0.1, 0.15) is 5.58 Å². The molecule has 12 heteroatoms. The fourth-order valence-corrected chi connectivity index (χ4v) is 4.93. The number of aromatic nitrogens is 2. The topological polar surface area (TPSA) is 105 Å². The van der Waals surface area contributed by atoms with Crippen molar-refractivity contribution >= 4 is 77.5 Å². The van der Waals surface area contributed by atoms with Gasteiger partial charge >= 0.3 is 5.97 Å². The van der Waals surface area contributed by atoms with Crippen molar-refractivity contribution in [1.82, 2.24) is 9.66 Å². The Morgan fingerprint density at radius 1 is 1.13 bits per heavy atom. The van der Waals surface area contributed by atoms with Crippen molar-refractivity contribution in [2.75, 3.05) is 20.8 Å². The van der Waals surface area contributed by atoms with E-state index in [4.69, 9.17) is 25.5 Å². The number of carbonyl (C=O) groups excluding carboxylic acids is 1. The van der Waals surface area contributed by atoms with Crippen LogP contribution in [0.15, 0.2) is 77.9 Å². The second kappa shape index (κ2) is 11.2. The number of hydrogen-bond acceptors (Lipinski definition) is 8. The van der Waals surface area contributed by atoms with E-state index in [1.165, 1.54) is 25.1 Å². The monoisotopic (exact) mass is 673 g/mol. The first kappa shape index (κ1) is 26.9. The molecule has 0 N–H and O–H groups in total. The van der Waals surface area contributed by atoms with Crippen molar-refractivity contribution < 1.29 is 23.4 Å². The SMILES string of the molecule is COC(=O)COc1c(OC)cc(C=Nn2c(-c3cc4cc(Cl)ccc4o3)nc3ccccc3c2=O)c(Br)c1Br. The molecule has 0 fully saturated rings. The number of para-hydroxylation sites is 1. The smallest absolute Gasteiger partial charge is 0.343 e. The number of furan rings is 1. The van der Waals surface area contributed by atoms with Crippen LogP contribution in [0.25, 0.3) is 33.5 Å². The van der Waals surface area contributed by atoms with E-state index >= 15 is 0 Å². The maximum atomic E-state index is 13.6. The number of hydrogen-bond donors (Lipinski definition) is 0. The van der Waals surface area contributed by atoms with E-state index in [1.807, 2.05) is 0 Å². The van der Waals surface area contributed by atoms with Gasteiger partial charge < -0.3 is 18.6 Å². The number of rotatable bonds is 7. The molecule has 198 valence electrons. The predicted molar refractivity (Wildman–Crippen MR) is 155 cm³/mol. The van der Waals surface area contributed by atoms with Crippen LogP contribution in [0.3, 0.4) is 0 Å². The highest BCUT2D eigenvalue weighted by Crippen LogP contribution is 2.42. The third kappa shape index (κ3) is 5.29. The minimum atomic E-state index is -0.547. The van der Waals surface area contributed by atoms with E-state index in [-0.39, 0.29) is 23.7 Å². The third-order valence-corrected chi connectivity index (χ3v) is 8.08. The zero-order valence-corrected chi connectivity index (χ0v) is 24.3. The molecular weight excluding hydrogens is 658 g/mol. The fraction of sp³-hybridized carbons (Fsp3) is 0.111. The minimum Gasteiger partial charge on any atom is -0.493 e. The number of fused-ring (bicyclic) bond motifs is 2. The molecule has 9 nitrogen and oxygen atoms in total. The number of esters is 1. The third-order valence-electron chi connectivity index (χ3n) is 5.70. The number of methoxy groups -OCH3 is 2. The lowest BCUT2D eigenvalue weighted by Crippen LogP contribution is -2.20. The summed E-state index contributed by atoms with van der Waals surface area (Å²) in [6, 6.07) is 15.6. The van der Waals surface area contributed by atoms with E-state index in [0.717, 1.165) is 5.39 Å². The van der Waals surface area contributed by atoms with Crippen LogP contribution in [0.1, 0.15) is 5.56 Å². The van der Waals surface area contributed by atoms with Crippen molar-refractivity contribution in [3.05, 3.63) is 84.5 Å². The maximum absolute atomic E-state index is 13.6. The van der Waals surface area contributed by atoms with Gasteiger partial charge in [-0.05, 0) is 74.3 Å². The van der Waals surface area contributed by atoms with Gasteiger partial charge in [-0.1, -0.05) is 23.7 Å². The van der Waals surface area contributed by atoms with Crippen LogP contribution < -0.4 is 15.0 Å². The van der Waals surface area contributed by atoms with Crippen LogP contribution in [0.2, 0.25) is 5.02 Å². The van der Waals surface area contributed by atoms with Crippen molar-refractivity contribution in [1.29, 1.82) is 0 Å². The molecule has 5 aromatic rings. The molecule has 0 aliphatic heterocycles. The molecule has 0 radical (unpaired) electrons. The quantitative estimate of drug-likeness (QED) is 0.145. The van der Waals surface area contributed by atoms with Crippen LogP contribution in [-0.4, -0.2) is 42.7 Å². The van der Waals surface area contributed by atoms with Gasteiger partial charge in [-0.25, -0.2) is 9.78 Å². The summed E-state index contributed by atoms with van der Waals surface area (Å²) in [6.07, 6.45) is 1.47. The number of ether oxygens (including phenoxy) is 3. The molecule has 39 heavy (non-hydrogen) atoms. The largest absolute Gasteiger partial charge is 0.493 e. The lowest BCUT2D eigenvalue weighted by atomic mass is 10.2. The zero-order valence-electron chi connectivity index (χ0n) is 20.4. The molecule has 0 unspecified atom stereocenters. The summed E-state index contributed by atoms with van der Waals surface area (Å²) in [5, 5.41) is 6.20. The first-order valence-corrected chi connectivity index (χ1v) is 13.3. The molecule has 0 atom stereocenters. The first-order valence-electron chi connectivity index (χ1n) is 11.3. The normalized spacial score (nSPS) is 11.4. The fourth-order valence-electron chi connectivity index (χ4n) is 3.81. The van der Waals surface area contributed by atoms with E-state index in [1.54, 1.807) is 54.6 Å². The first-order chi connectivity index (χ1) is 18.8. The average Bonchev–Trinajstić information content (AvgIpc) is 3.36. The Morgan fingerprint density at radius 2 is 1.92 bits per heavy atom. The zero-order chi connectivity index (χ0) is 27.7. The summed E-state index contributed by atoms with van der Waals surface area (Å²) >= 11 is 13.1. The Bertz CT molecular complexity index is 1830. The molecule has 2 aromatic heterocycles. The highest BCUT2D eigenvalue weighted by atomic mass is 79.9. The number of benzene rings is 3. The van der Waals surface area contributed by atoms with Crippen molar-refractivity contribution in [3.8, 4) is 23.1 Å². The summed E-state index contributed by atoms with van der Waals surface area (Å²) in [7, 11) is 2.73. The standard InChI is InChI=1S/C27H18Br2ClN3O6/c1-36-20-11-15(23(28)24(29)25(20)38-13-22(34)37-2)12-31-33-26(32-18-6-4-3-5-17(18)27(33)35)21-10-14-9-16(30)7-8-19(14)39-21/h3-12H,13H2,1-2H3. The molecule has 2 heterocycles. The molecule has 0 saturated heterocycles. The Hall–Kier alpha value is -3.67. The van der Waals surface area contributed by atoms with Crippen LogP contribution in [0.4, 0.5) is 0 Å². The highest BCUT2D eigenvalue weighted by molar-refractivity contribution is 9.13. The summed E-state index contributed by atoms with van der Waals surface area (Å²) < 4.78 is 23.9. The second-order valence-electron chi connectivity index (χ2n) is 8.10. The van der Waals surface area contributed by atoms with Crippen molar-refractivity contribution in [2.24, 2.45) is 5.10 Å². The Balaban J connectivity index is 1.64. The van der Waals surface area contributed by atoms with Gasteiger partial charge in [-0.15, -0.1) is 0 Å². The van der Waals surface area contributed by atoms with Crippen LogP contribution >= 0.6 is 43.5 Å². The van der Waals surface area contributed by atoms with Gasteiger partial charge in [0.15, 0.2) is 23.9 Å². The number of nitrogens with zero attached hydrogens (tertiary/aromatic N) is 3. The van der Waals surface area contributed by atoms with Gasteiger partial charge in [-0.3, -0.25) is 4.79 Å². The van der Waals surface area contributed by atoms with Gasteiger partial charge in [-0.2, -0.15) is 9.78 Å². The van der Waals surface area contributed by atoms with E-state index in [9.17, 15) is 9.59 Å². The summed E-state index contributed by atoms with van der Waals surface area (Å²) in [5.74, 6) is 0.625. The Labute approximate surface area is 243 Å². The minimum absolute atomic E-state index is 0.211. The van der Waals surface area contributed by atoms with Gasteiger partial charge in [0.25, 0.3) is 5.56 Å². The van der Waals surface area contributed by atoms with Crippen LogP contribution in [-0.2, 0) is 9.53 Å².